The second-order valence-corrected chi connectivity index (χ2v) is 6.51. The van der Waals surface area contributed by atoms with E-state index in [9.17, 15) is 4.79 Å². The summed E-state index contributed by atoms with van der Waals surface area (Å²) in [6, 6.07) is 15.9. The zero-order valence-electron chi connectivity index (χ0n) is 14.2. The molecule has 3 aromatic rings. The first-order chi connectivity index (χ1) is 12.3. The lowest BCUT2D eigenvalue weighted by molar-refractivity contribution is -0.115. The van der Waals surface area contributed by atoms with Gasteiger partial charge in [-0.3, -0.25) is 9.89 Å². The fourth-order valence-corrected chi connectivity index (χ4v) is 3.49. The molecular formula is C20H22N4O. The minimum atomic E-state index is -0.0288. The highest BCUT2D eigenvalue weighted by molar-refractivity contribution is 5.97. The molecule has 0 saturated carbocycles. The quantitative estimate of drug-likeness (QED) is 0.764. The van der Waals surface area contributed by atoms with Crippen molar-refractivity contribution in [3.05, 3.63) is 54.2 Å². The first-order valence-electron chi connectivity index (χ1n) is 8.87. The predicted octanol–water partition coefficient (Wildman–Crippen LogP) is 3.73. The van der Waals surface area contributed by atoms with E-state index in [-0.39, 0.29) is 12.3 Å². The third kappa shape index (κ3) is 3.36. The topological polar surface area (TPSA) is 61.0 Å². The smallest absolute Gasteiger partial charge is 0.230 e. The van der Waals surface area contributed by atoms with Crippen LogP contribution in [-0.4, -0.2) is 29.2 Å². The summed E-state index contributed by atoms with van der Waals surface area (Å²) in [4.78, 5) is 14.9. The van der Waals surface area contributed by atoms with Crippen molar-refractivity contribution >= 4 is 28.2 Å². The molecule has 25 heavy (non-hydrogen) atoms. The van der Waals surface area contributed by atoms with E-state index >= 15 is 0 Å². The second kappa shape index (κ2) is 6.97. The van der Waals surface area contributed by atoms with Crippen molar-refractivity contribution in [3.8, 4) is 0 Å². The molecule has 1 fully saturated rings. The molecule has 1 saturated heterocycles. The molecule has 0 bridgehead atoms. The number of nitrogens with one attached hydrogen (secondary N) is 2. The van der Waals surface area contributed by atoms with Gasteiger partial charge in [-0.2, -0.15) is 5.10 Å². The average molecular weight is 334 g/mol. The number of H-pyrrole nitrogens is 1. The van der Waals surface area contributed by atoms with Gasteiger partial charge < -0.3 is 10.2 Å². The summed E-state index contributed by atoms with van der Waals surface area (Å²) < 4.78 is 0. The van der Waals surface area contributed by atoms with Gasteiger partial charge in [0.25, 0.3) is 0 Å². The Morgan fingerprint density at radius 1 is 1.04 bits per heavy atom. The van der Waals surface area contributed by atoms with Crippen LogP contribution in [0.1, 0.15) is 25.0 Å². The lowest BCUT2D eigenvalue weighted by Crippen LogP contribution is -2.30. The van der Waals surface area contributed by atoms with E-state index in [1.54, 1.807) is 0 Å². The number of benzene rings is 2. The largest absolute Gasteiger partial charge is 0.370 e. The Hall–Kier alpha value is -2.82. The van der Waals surface area contributed by atoms with Gasteiger partial charge in [0, 0.05) is 18.5 Å². The second-order valence-electron chi connectivity index (χ2n) is 6.51. The molecule has 0 unspecified atom stereocenters. The minimum Gasteiger partial charge on any atom is -0.370 e. The SMILES string of the molecule is O=C(Cc1[nH]nc2ccccc12)Nc1ccccc1N1CCCCC1. The predicted molar refractivity (Wildman–Crippen MR) is 101 cm³/mol. The normalized spacial score (nSPS) is 14.6. The maximum Gasteiger partial charge on any atom is 0.230 e. The number of rotatable bonds is 4. The number of carbonyl (C=O) groups is 1. The molecule has 2 heterocycles. The van der Waals surface area contributed by atoms with Gasteiger partial charge in [-0.25, -0.2) is 0 Å². The van der Waals surface area contributed by atoms with Gasteiger partial charge in [0.2, 0.25) is 5.91 Å². The molecule has 5 nitrogen and oxygen atoms in total. The monoisotopic (exact) mass is 334 g/mol. The number of piperidine rings is 1. The number of amides is 1. The highest BCUT2D eigenvalue weighted by Crippen LogP contribution is 2.28. The first kappa shape index (κ1) is 15.7. The molecule has 4 rings (SSSR count). The molecule has 0 radical (unpaired) electrons. The maximum absolute atomic E-state index is 12.6. The van der Waals surface area contributed by atoms with E-state index in [1.807, 2.05) is 42.5 Å². The Balaban J connectivity index is 1.51. The van der Waals surface area contributed by atoms with Crippen molar-refractivity contribution in [2.45, 2.75) is 25.7 Å². The number of hydrogen-bond donors (Lipinski definition) is 2. The summed E-state index contributed by atoms with van der Waals surface area (Å²) in [6.07, 6.45) is 4.00. The molecule has 0 aliphatic carbocycles. The molecule has 128 valence electrons. The summed E-state index contributed by atoms with van der Waals surface area (Å²) >= 11 is 0. The maximum atomic E-state index is 12.6. The van der Waals surface area contributed by atoms with Crippen LogP contribution in [0.5, 0.6) is 0 Å². The molecule has 2 N–H and O–H groups in total. The van der Waals surface area contributed by atoms with E-state index in [1.165, 1.54) is 19.3 Å². The lowest BCUT2D eigenvalue weighted by atomic mass is 10.1. The van der Waals surface area contributed by atoms with Crippen LogP contribution in [0.3, 0.4) is 0 Å². The Bertz CT molecular complexity index is 880. The van der Waals surface area contributed by atoms with Crippen LogP contribution in [-0.2, 0) is 11.2 Å². The molecule has 0 atom stereocenters. The number of nitrogens with zero attached hydrogens (tertiary/aromatic N) is 2. The van der Waals surface area contributed by atoms with E-state index in [0.717, 1.165) is 41.1 Å². The van der Waals surface area contributed by atoms with Crippen LogP contribution in [0.15, 0.2) is 48.5 Å². The summed E-state index contributed by atoms with van der Waals surface area (Å²) in [7, 11) is 0. The van der Waals surface area contributed by atoms with Crippen molar-refractivity contribution in [3.63, 3.8) is 0 Å². The van der Waals surface area contributed by atoms with Crippen LogP contribution in [0.25, 0.3) is 10.9 Å². The van der Waals surface area contributed by atoms with Gasteiger partial charge in [-0.1, -0.05) is 30.3 Å². The van der Waals surface area contributed by atoms with Crippen LogP contribution >= 0.6 is 0 Å². The van der Waals surface area contributed by atoms with Crippen LogP contribution in [0.2, 0.25) is 0 Å². The van der Waals surface area contributed by atoms with Crippen LogP contribution in [0, 0.1) is 0 Å². The van der Waals surface area contributed by atoms with Gasteiger partial charge >= 0.3 is 0 Å². The molecule has 5 heteroatoms. The summed E-state index contributed by atoms with van der Waals surface area (Å²) in [6.45, 7) is 2.11. The molecule has 0 spiro atoms. The van der Waals surface area contributed by atoms with Crippen molar-refractivity contribution in [1.82, 2.24) is 10.2 Å². The number of aromatic amines is 1. The minimum absolute atomic E-state index is 0.0288. The Kier molecular flexibility index (Phi) is 4.37. The molecule has 1 aliphatic rings. The van der Waals surface area contributed by atoms with E-state index in [4.69, 9.17) is 0 Å². The Morgan fingerprint density at radius 2 is 1.80 bits per heavy atom. The number of para-hydroxylation sites is 3. The zero-order valence-corrected chi connectivity index (χ0v) is 14.2. The van der Waals surface area contributed by atoms with Crippen LogP contribution in [0.4, 0.5) is 11.4 Å². The highest BCUT2D eigenvalue weighted by Gasteiger charge is 2.16. The van der Waals surface area contributed by atoms with Crippen molar-refractivity contribution in [1.29, 1.82) is 0 Å². The van der Waals surface area contributed by atoms with E-state index in [2.05, 4.69) is 26.5 Å². The molecule has 1 aromatic heterocycles. The van der Waals surface area contributed by atoms with Crippen molar-refractivity contribution in [2.75, 3.05) is 23.3 Å². The molecule has 2 aromatic carbocycles. The van der Waals surface area contributed by atoms with Crippen molar-refractivity contribution < 1.29 is 4.79 Å². The number of hydrogen-bond acceptors (Lipinski definition) is 3. The van der Waals surface area contributed by atoms with Gasteiger partial charge in [0.15, 0.2) is 0 Å². The Morgan fingerprint density at radius 3 is 2.68 bits per heavy atom. The summed E-state index contributed by atoms with van der Waals surface area (Å²) in [5.74, 6) is -0.0288. The number of fused-ring (bicyclic) bond motifs is 1. The number of anilines is 2. The van der Waals surface area contributed by atoms with E-state index < -0.39 is 0 Å². The molecule has 1 aliphatic heterocycles. The Labute approximate surface area is 147 Å². The first-order valence-corrected chi connectivity index (χ1v) is 8.87. The number of aromatic nitrogens is 2. The lowest BCUT2D eigenvalue weighted by Gasteiger charge is -2.30. The fraction of sp³-hybridized carbons (Fsp3) is 0.300. The van der Waals surface area contributed by atoms with E-state index in [0.29, 0.717) is 0 Å². The van der Waals surface area contributed by atoms with Gasteiger partial charge in [0.05, 0.1) is 29.0 Å². The molecule has 1 amide bonds. The highest BCUT2D eigenvalue weighted by atomic mass is 16.1. The summed E-state index contributed by atoms with van der Waals surface area (Å²) in [5, 5.41) is 11.3. The average Bonchev–Trinajstić information content (AvgIpc) is 3.06. The van der Waals surface area contributed by atoms with Gasteiger partial charge in [-0.05, 0) is 37.5 Å². The molecular weight excluding hydrogens is 312 g/mol. The van der Waals surface area contributed by atoms with Crippen molar-refractivity contribution in [2.24, 2.45) is 0 Å². The zero-order chi connectivity index (χ0) is 17.1. The van der Waals surface area contributed by atoms with Crippen LogP contribution < -0.4 is 10.2 Å². The van der Waals surface area contributed by atoms with Gasteiger partial charge in [0.1, 0.15) is 0 Å². The third-order valence-corrected chi connectivity index (χ3v) is 4.75. The number of carbonyl (C=O) groups excluding carboxylic acids is 1. The fourth-order valence-electron chi connectivity index (χ4n) is 3.49. The third-order valence-electron chi connectivity index (χ3n) is 4.75. The summed E-state index contributed by atoms with van der Waals surface area (Å²) in [5.41, 5.74) is 3.74. The standard InChI is InChI=1S/C20H22N4O/c25-20(14-18-15-8-2-3-9-16(15)22-23-18)21-17-10-4-5-11-19(17)24-12-6-1-7-13-24/h2-5,8-11H,1,6-7,12-14H2,(H,21,25)(H,22,23). The van der Waals surface area contributed by atoms with Gasteiger partial charge in [-0.15, -0.1) is 0 Å².